The molecule has 0 aliphatic carbocycles. The average molecular weight is 449 g/mol. The van der Waals surface area contributed by atoms with E-state index in [1.54, 1.807) is 36.4 Å². The second-order valence-electron chi connectivity index (χ2n) is 7.81. The minimum Gasteiger partial charge on any atom is -0.451 e. The molecule has 1 heterocycles. The molecule has 0 saturated carbocycles. The maximum atomic E-state index is 13.1. The molecule has 0 fully saturated rings. The Bertz CT molecular complexity index is 1150. The zero-order chi connectivity index (χ0) is 24.0. The number of benzene rings is 2. The third-order valence-electron chi connectivity index (χ3n) is 5.46. The molecule has 7 heteroatoms. The Kier molecular flexibility index (Phi) is 7.79. The van der Waals surface area contributed by atoms with Gasteiger partial charge in [0.15, 0.2) is 11.5 Å². The molecule has 1 N–H and O–H groups in total. The van der Waals surface area contributed by atoms with Gasteiger partial charge in [0.2, 0.25) is 5.91 Å². The molecule has 0 unspecified atom stereocenters. The second kappa shape index (κ2) is 10.7. The third-order valence-corrected chi connectivity index (χ3v) is 5.46. The van der Waals surface area contributed by atoms with Crippen molar-refractivity contribution in [2.75, 3.05) is 32.1 Å². The van der Waals surface area contributed by atoms with E-state index in [-0.39, 0.29) is 37.1 Å². The van der Waals surface area contributed by atoms with E-state index in [0.717, 1.165) is 16.7 Å². The number of hydrogen-bond acceptors (Lipinski definition) is 5. The largest absolute Gasteiger partial charge is 0.451 e. The number of carbonyl (C=O) groups is 3. The maximum Gasteiger partial charge on any atom is 0.290 e. The smallest absolute Gasteiger partial charge is 0.290 e. The normalized spacial score (nSPS) is 10.7. The SMILES string of the molecule is COCCN(CC(=O)Nc1cccc(C)c1C)C(=O)c1ccc(-c2ccc(C(C)=O)cc2)o1. The van der Waals surface area contributed by atoms with Gasteiger partial charge in [0.25, 0.3) is 5.91 Å². The van der Waals surface area contributed by atoms with Gasteiger partial charge < -0.3 is 19.4 Å². The highest BCUT2D eigenvalue weighted by molar-refractivity contribution is 5.99. The summed E-state index contributed by atoms with van der Waals surface area (Å²) in [5, 5.41) is 2.88. The quantitative estimate of drug-likeness (QED) is 0.487. The van der Waals surface area contributed by atoms with Crippen molar-refractivity contribution in [1.82, 2.24) is 4.90 Å². The molecule has 0 atom stereocenters. The summed E-state index contributed by atoms with van der Waals surface area (Å²) in [4.78, 5) is 38.7. The summed E-state index contributed by atoms with van der Waals surface area (Å²) in [6.07, 6.45) is 0. The second-order valence-corrected chi connectivity index (χ2v) is 7.81. The fraction of sp³-hybridized carbons (Fsp3) is 0.269. The minimum absolute atomic E-state index is 0.0234. The molecule has 0 aliphatic heterocycles. The van der Waals surface area contributed by atoms with Crippen LogP contribution in [0.3, 0.4) is 0 Å². The highest BCUT2D eigenvalue weighted by Crippen LogP contribution is 2.24. The lowest BCUT2D eigenvalue weighted by Crippen LogP contribution is -2.40. The van der Waals surface area contributed by atoms with Gasteiger partial charge in [-0.05, 0) is 50.1 Å². The number of aryl methyl sites for hydroxylation is 1. The molecule has 1 aromatic heterocycles. The van der Waals surface area contributed by atoms with Crippen LogP contribution >= 0.6 is 0 Å². The molecular weight excluding hydrogens is 420 g/mol. The fourth-order valence-corrected chi connectivity index (χ4v) is 3.34. The Hall–Kier alpha value is -3.71. The Morgan fingerprint density at radius 1 is 1.00 bits per heavy atom. The van der Waals surface area contributed by atoms with Crippen molar-refractivity contribution in [2.45, 2.75) is 20.8 Å². The molecule has 0 saturated heterocycles. The summed E-state index contributed by atoms with van der Waals surface area (Å²) >= 11 is 0. The van der Waals surface area contributed by atoms with Crippen molar-refractivity contribution in [1.29, 1.82) is 0 Å². The Balaban J connectivity index is 1.74. The summed E-state index contributed by atoms with van der Waals surface area (Å²) in [5.41, 5.74) is 4.11. The number of amides is 2. The number of rotatable bonds is 9. The van der Waals surface area contributed by atoms with Crippen molar-refractivity contribution in [3.8, 4) is 11.3 Å². The van der Waals surface area contributed by atoms with E-state index in [1.807, 2.05) is 32.0 Å². The van der Waals surface area contributed by atoms with Crippen LogP contribution in [0.5, 0.6) is 0 Å². The molecule has 172 valence electrons. The van der Waals surface area contributed by atoms with Crippen LogP contribution in [0.15, 0.2) is 59.0 Å². The Morgan fingerprint density at radius 3 is 2.39 bits per heavy atom. The van der Waals surface area contributed by atoms with Crippen LogP contribution in [0.4, 0.5) is 5.69 Å². The van der Waals surface area contributed by atoms with Crippen molar-refractivity contribution in [2.24, 2.45) is 0 Å². The molecular formula is C26H28N2O5. The van der Waals surface area contributed by atoms with E-state index in [4.69, 9.17) is 9.15 Å². The predicted molar refractivity (Wildman–Crippen MR) is 126 cm³/mol. The summed E-state index contributed by atoms with van der Waals surface area (Å²) in [6, 6.07) is 15.9. The molecule has 7 nitrogen and oxygen atoms in total. The number of nitrogens with one attached hydrogen (secondary N) is 1. The van der Waals surface area contributed by atoms with Crippen molar-refractivity contribution in [3.05, 3.63) is 77.0 Å². The molecule has 0 aliphatic rings. The number of ether oxygens (including phenoxy) is 1. The number of hydrogen-bond donors (Lipinski definition) is 1. The Morgan fingerprint density at radius 2 is 1.73 bits per heavy atom. The van der Waals surface area contributed by atoms with Crippen LogP contribution in [0.1, 0.15) is 39.0 Å². The average Bonchev–Trinajstić information content (AvgIpc) is 3.29. The zero-order valence-electron chi connectivity index (χ0n) is 19.3. The van der Waals surface area contributed by atoms with E-state index in [0.29, 0.717) is 17.0 Å². The first kappa shape index (κ1) is 23.9. The standard InChI is InChI=1S/C26H28N2O5/c1-17-6-5-7-22(18(17)2)27-25(30)16-28(14-15-32-4)26(31)24-13-12-23(33-24)21-10-8-20(9-11-21)19(3)29/h5-13H,14-16H2,1-4H3,(H,27,30). The molecule has 2 aromatic carbocycles. The van der Waals surface area contributed by atoms with E-state index >= 15 is 0 Å². The molecule has 33 heavy (non-hydrogen) atoms. The summed E-state index contributed by atoms with van der Waals surface area (Å²) in [6.45, 7) is 5.79. The van der Waals surface area contributed by atoms with E-state index in [1.165, 1.54) is 18.9 Å². The molecule has 2 amide bonds. The lowest BCUT2D eigenvalue weighted by molar-refractivity contribution is -0.117. The predicted octanol–water partition coefficient (Wildman–Crippen LogP) is 4.49. The summed E-state index contributed by atoms with van der Waals surface area (Å²) < 4.78 is 10.9. The molecule has 3 rings (SSSR count). The summed E-state index contributed by atoms with van der Waals surface area (Å²) in [7, 11) is 1.54. The number of methoxy groups -OCH3 is 1. The highest BCUT2D eigenvalue weighted by atomic mass is 16.5. The van der Waals surface area contributed by atoms with Crippen LogP contribution in [0, 0.1) is 13.8 Å². The minimum atomic E-state index is -0.408. The number of nitrogens with zero attached hydrogens (tertiary/aromatic N) is 1. The van der Waals surface area contributed by atoms with Gasteiger partial charge in [-0.1, -0.05) is 36.4 Å². The monoisotopic (exact) mass is 448 g/mol. The first-order chi connectivity index (χ1) is 15.8. The van der Waals surface area contributed by atoms with Gasteiger partial charge in [0, 0.05) is 30.5 Å². The number of carbonyl (C=O) groups excluding carboxylic acids is 3. The lowest BCUT2D eigenvalue weighted by atomic mass is 10.1. The van der Waals surface area contributed by atoms with Crippen LogP contribution in [0.2, 0.25) is 0 Å². The van der Waals surface area contributed by atoms with Crippen molar-refractivity contribution < 1.29 is 23.5 Å². The number of furan rings is 1. The molecule has 0 radical (unpaired) electrons. The third kappa shape index (κ3) is 5.96. The number of anilines is 1. The van der Waals surface area contributed by atoms with E-state index in [9.17, 15) is 14.4 Å². The van der Waals surface area contributed by atoms with Crippen molar-refractivity contribution >= 4 is 23.3 Å². The highest BCUT2D eigenvalue weighted by Gasteiger charge is 2.22. The van der Waals surface area contributed by atoms with Crippen LogP contribution in [0.25, 0.3) is 11.3 Å². The van der Waals surface area contributed by atoms with Crippen LogP contribution in [-0.2, 0) is 9.53 Å². The van der Waals surface area contributed by atoms with Crippen LogP contribution in [-0.4, -0.2) is 49.3 Å². The molecule has 0 bridgehead atoms. The molecule has 3 aromatic rings. The first-order valence-corrected chi connectivity index (χ1v) is 10.7. The van der Waals surface area contributed by atoms with Gasteiger partial charge in [0.05, 0.1) is 6.61 Å². The topological polar surface area (TPSA) is 88.9 Å². The van der Waals surface area contributed by atoms with Gasteiger partial charge in [-0.25, -0.2) is 0 Å². The lowest BCUT2D eigenvalue weighted by Gasteiger charge is -2.21. The van der Waals surface area contributed by atoms with Crippen molar-refractivity contribution in [3.63, 3.8) is 0 Å². The zero-order valence-corrected chi connectivity index (χ0v) is 19.3. The van der Waals surface area contributed by atoms with Gasteiger partial charge in [-0.3, -0.25) is 14.4 Å². The first-order valence-electron chi connectivity index (χ1n) is 10.7. The van der Waals surface area contributed by atoms with Gasteiger partial charge >= 0.3 is 0 Å². The summed E-state index contributed by atoms with van der Waals surface area (Å²) in [5.74, 6) is -0.115. The van der Waals surface area contributed by atoms with Crippen LogP contribution < -0.4 is 5.32 Å². The maximum absolute atomic E-state index is 13.1. The van der Waals surface area contributed by atoms with E-state index < -0.39 is 5.91 Å². The van der Waals surface area contributed by atoms with Gasteiger partial charge in [-0.15, -0.1) is 0 Å². The fourth-order valence-electron chi connectivity index (χ4n) is 3.34. The number of ketones is 1. The number of Topliss-reactive ketones (excluding diaryl/α,β-unsaturated/α-hetero) is 1. The van der Waals surface area contributed by atoms with Gasteiger partial charge in [0.1, 0.15) is 12.3 Å². The van der Waals surface area contributed by atoms with E-state index in [2.05, 4.69) is 5.32 Å². The van der Waals surface area contributed by atoms with Gasteiger partial charge in [-0.2, -0.15) is 0 Å². The molecule has 0 spiro atoms. The Labute approximate surface area is 193 Å².